The molecule has 44 heavy (non-hydrogen) atoms. The van der Waals surface area contributed by atoms with Gasteiger partial charge < -0.3 is 24.8 Å². The molecular weight excluding hydrogens is 671 g/mol. The molecule has 218 valence electrons. The number of rotatable bonds is 3. The molecule has 0 atom stereocenters. The van der Waals surface area contributed by atoms with Crippen molar-refractivity contribution in [2.45, 2.75) is 46.0 Å². The van der Waals surface area contributed by atoms with Crippen LogP contribution in [0.1, 0.15) is 51.7 Å². The number of fused-ring (bicyclic) bond motifs is 4. The van der Waals surface area contributed by atoms with E-state index in [0.717, 1.165) is 9.52 Å². The van der Waals surface area contributed by atoms with Crippen molar-refractivity contribution in [1.29, 1.82) is 0 Å². The summed E-state index contributed by atoms with van der Waals surface area (Å²) in [5.41, 5.74) is 11.0. The van der Waals surface area contributed by atoms with Crippen LogP contribution in [0.5, 0.6) is 0 Å². The Labute approximate surface area is 297 Å². The third-order valence-corrected chi connectivity index (χ3v) is 9.36. The standard InChI is InChI=1S/C28H29.C12H7Si.2ClH.Zr/c1-19(2)23-13-9-10-14-24(23)27-25-18-22(20-11-7-6-8-12-20)17-21(25)15-16-26(27)28(3,4)5;1-3-7-11-9(5-1)10-6-2-4-8-12(10)13-11;;;/h6-19H,1-5H3;1-7H;2*1H;/q2*-1;;;+4/p-2. The number of benzene rings is 5. The Morgan fingerprint density at radius 1 is 0.705 bits per heavy atom. The monoisotopic (exact) mass is 704 g/mol. The smallest absolute Gasteiger partial charge is 1.00 e. The molecule has 0 bridgehead atoms. The quantitative estimate of drug-likeness (QED) is 0.195. The van der Waals surface area contributed by atoms with Crippen molar-refractivity contribution in [3.05, 3.63) is 139 Å². The molecule has 0 aromatic heterocycles. The fourth-order valence-electron chi connectivity index (χ4n) is 5.95. The minimum absolute atomic E-state index is 0. The Morgan fingerprint density at radius 2 is 1.34 bits per heavy atom. The third kappa shape index (κ3) is 7.27. The zero-order valence-electron chi connectivity index (χ0n) is 25.9. The van der Waals surface area contributed by atoms with Crippen molar-refractivity contribution >= 4 is 30.7 Å². The first-order valence-electron chi connectivity index (χ1n) is 14.6. The van der Waals surface area contributed by atoms with Gasteiger partial charge in [-0.15, -0.1) is 40.1 Å². The predicted octanol–water partition coefficient (Wildman–Crippen LogP) is 3.44. The number of halogens is 2. The van der Waals surface area contributed by atoms with E-state index in [1.165, 1.54) is 65.7 Å². The fourth-order valence-corrected chi connectivity index (χ4v) is 7.26. The van der Waals surface area contributed by atoms with Crippen molar-refractivity contribution in [3.8, 4) is 33.4 Å². The predicted molar refractivity (Wildman–Crippen MR) is 179 cm³/mol. The van der Waals surface area contributed by atoms with Gasteiger partial charge in [-0.25, -0.2) is 0 Å². The first kappa shape index (κ1) is 35.9. The Balaban J connectivity index is 0.000000278. The zero-order valence-corrected chi connectivity index (χ0v) is 30.9. The molecular formula is C40H36Cl2SiZr. The van der Waals surface area contributed by atoms with E-state index in [0.29, 0.717) is 5.92 Å². The molecule has 0 N–H and O–H groups in total. The van der Waals surface area contributed by atoms with E-state index in [2.05, 4.69) is 156 Å². The van der Waals surface area contributed by atoms with Crippen molar-refractivity contribution in [2.75, 3.05) is 0 Å². The van der Waals surface area contributed by atoms with E-state index >= 15 is 0 Å². The molecule has 6 aromatic carbocycles. The fraction of sp³-hybridized carbons (Fsp3) is 0.175. The van der Waals surface area contributed by atoms with Gasteiger partial charge in [-0.1, -0.05) is 136 Å². The van der Waals surface area contributed by atoms with Crippen molar-refractivity contribution < 1.29 is 51.0 Å². The Kier molecular flexibility index (Phi) is 12.3. The molecule has 1 aliphatic heterocycles. The normalized spacial score (nSPS) is 11.3. The molecule has 6 aromatic rings. The molecule has 0 spiro atoms. The van der Waals surface area contributed by atoms with E-state index in [1.807, 2.05) is 6.07 Å². The van der Waals surface area contributed by atoms with Gasteiger partial charge in [0.25, 0.3) is 0 Å². The number of hydrogen-bond acceptors (Lipinski definition) is 0. The maximum absolute atomic E-state index is 3.31. The molecule has 1 aliphatic rings. The topological polar surface area (TPSA) is 0 Å². The van der Waals surface area contributed by atoms with Crippen LogP contribution in [0.4, 0.5) is 0 Å². The SMILES string of the molecule is CC(C)c1ccccc1-c1c(C(C)(C)C)ccc2[cH-]c(-c3ccccc3)cc12.[Cl-].[Cl-].[Zr+4].[c-]1cccc2c1[Si]c1ccccc1-2. The third-order valence-electron chi connectivity index (χ3n) is 7.99. The summed E-state index contributed by atoms with van der Waals surface area (Å²) in [5, 5.41) is 5.50. The molecule has 0 saturated heterocycles. The Hall–Kier alpha value is -2.61. The van der Waals surface area contributed by atoms with E-state index in [4.69, 9.17) is 0 Å². The Bertz CT molecular complexity index is 1790. The minimum Gasteiger partial charge on any atom is -1.00 e. The summed E-state index contributed by atoms with van der Waals surface area (Å²) in [6.45, 7) is 11.5. The molecule has 0 unspecified atom stereocenters. The van der Waals surface area contributed by atoms with Gasteiger partial charge in [0.1, 0.15) is 0 Å². The summed E-state index contributed by atoms with van der Waals surface area (Å²) in [6.07, 6.45) is 0. The second-order valence-electron chi connectivity index (χ2n) is 12.2. The van der Waals surface area contributed by atoms with Gasteiger partial charge in [0, 0.05) is 0 Å². The second kappa shape index (κ2) is 15.1. The largest absolute Gasteiger partial charge is 4.00 e. The molecule has 0 saturated carbocycles. The molecule has 0 fully saturated rings. The maximum atomic E-state index is 3.31. The summed E-state index contributed by atoms with van der Waals surface area (Å²) in [6, 6.07) is 47.1. The average molecular weight is 707 g/mol. The second-order valence-corrected chi connectivity index (χ2v) is 13.5. The summed E-state index contributed by atoms with van der Waals surface area (Å²) in [7, 11) is 0.795. The van der Waals surface area contributed by atoms with Gasteiger partial charge in [-0.2, -0.15) is 29.5 Å². The van der Waals surface area contributed by atoms with Crippen LogP contribution in [0.25, 0.3) is 44.2 Å². The maximum Gasteiger partial charge on any atom is 4.00 e. The van der Waals surface area contributed by atoms with E-state index < -0.39 is 0 Å². The van der Waals surface area contributed by atoms with Crippen molar-refractivity contribution in [2.24, 2.45) is 0 Å². The molecule has 1 heterocycles. The zero-order chi connectivity index (χ0) is 28.6. The Morgan fingerprint density at radius 3 is 2.05 bits per heavy atom. The first-order chi connectivity index (χ1) is 19.8. The summed E-state index contributed by atoms with van der Waals surface area (Å²) in [4.78, 5) is 0. The summed E-state index contributed by atoms with van der Waals surface area (Å²) in [5.74, 6) is 0.489. The van der Waals surface area contributed by atoms with E-state index in [-0.39, 0.29) is 56.4 Å². The van der Waals surface area contributed by atoms with Gasteiger partial charge in [0.05, 0.1) is 9.52 Å². The van der Waals surface area contributed by atoms with Crippen molar-refractivity contribution in [3.63, 3.8) is 0 Å². The van der Waals surface area contributed by atoms with E-state index in [1.54, 1.807) is 0 Å². The van der Waals surface area contributed by atoms with Crippen LogP contribution in [0.3, 0.4) is 0 Å². The van der Waals surface area contributed by atoms with Crippen molar-refractivity contribution in [1.82, 2.24) is 0 Å². The van der Waals surface area contributed by atoms with Gasteiger partial charge >= 0.3 is 26.2 Å². The minimum atomic E-state index is 0. The van der Waals surface area contributed by atoms with Gasteiger partial charge in [-0.05, 0) is 33.6 Å². The molecule has 2 radical (unpaired) electrons. The number of hydrogen-bond donors (Lipinski definition) is 0. The molecule has 0 aliphatic carbocycles. The van der Waals surface area contributed by atoms with Crippen LogP contribution >= 0.6 is 0 Å². The molecule has 0 nitrogen and oxygen atoms in total. The van der Waals surface area contributed by atoms with E-state index in [9.17, 15) is 0 Å². The van der Waals surface area contributed by atoms with Crippen LogP contribution in [0.2, 0.25) is 0 Å². The van der Waals surface area contributed by atoms with Crippen LogP contribution in [0, 0.1) is 6.07 Å². The van der Waals surface area contributed by atoms with Crippen LogP contribution < -0.4 is 35.2 Å². The van der Waals surface area contributed by atoms with Crippen LogP contribution in [-0.2, 0) is 31.6 Å². The molecule has 7 rings (SSSR count). The van der Waals surface area contributed by atoms with Crippen LogP contribution in [0.15, 0.2) is 121 Å². The molecule has 0 amide bonds. The summed E-state index contributed by atoms with van der Waals surface area (Å²) >= 11 is 0. The first-order valence-corrected chi connectivity index (χ1v) is 15.6. The average Bonchev–Trinajstić information content (AvgIpc) is 3.59. The van der Waals surface area contributed by atoms with Gasteiger partial charge in [0.15, 0.2) is 0 Å². The van der Waals surface area contributed by atoms with Crippen LogP contribution in [-0.4, -0.2) is 9.52 Å². The molecule has 4 heteroatoms. The van der Waals surface area contributed by atoms with Gasteiger partial charge in [-0.3, -0.25) is 0 Å². The summed E-state index contributed by atoms with van der Waals surface area (Å²) < 4.78 is 0. The van der Waals surface area contributed by atoms with Gasteiger partial charge in [0.2, 0.25) is 0 Å².